The maximum Gasteiger partial charge on any atom is 0.248 e. The van der Waals surface area contributed by atoms with Gasteiger partial charge in [-0.25, -0.2) is 0 Å². The van der Waals surface area contributed by atoms with Crippen LogP contribution in [0, 0.1) is 0 Å². The third kappa shape index (κ3) is 3.33. The van der Waals surface area contributed by atoms with Crippen molar-refractivity contribution in [3.05, 3.63) is 17.0 Å². The molecule has 0 fully saturated rings. The van der Waals surface area contributed by atoms with E-state index < -0.39 is 0 Å². The van der Waals surface area contributed by atoms with Crippen LogP contribution in [0.15, 0.2) is 0 Å². The van der Waals surface area contributed by atoms with Gasteiger partial charge < -0.3 is 14.5 Å². The molecule has 1 aromatic rings. The highest BCUT2D eigenvalue weighted by Crippen LogP contribution is 2.20. The molecule has 0 saturated carbocycles. The summed E-state index contributed by atoms with van der Waals surface area (Å²) in [6.45, 7) is 4.83. The predicted molar refractivity (Wildman–Crippen MR) is 71.6 cm³/mol. The molecule has 1 aliphatic heterocycles. The summed E-state index contributed by atoms with van der Waals surface area (Å²) in [5.41, 5.74) is 3.43. The molecule has 6 nitrogen and oxygen atoms in total. The first-order valence-electron chi connectivity index (χ1n) is 6.67. The molecule has 6 heteroatoms. The van der Waals surface area contributed by atoms with Gasteiger partial charge in [-0.05, 0) is 27.4 Å². The van der Waals surface area contributed by atoms with Crippen LogP contribution in [0.25, 0.3) is 0 Å². The standard InChI is InChI=1S/C13H22N4O2/c1-4-19-9-13(18)17-6-5-10-11(7-16(2)3)14-15-12(10)8-17/h4-9H2,1-3H3,(H,14,15). The molecule has 0 aromatic carbocycles. The van der Waals surface area contributed by atoms with Crippen LogP contribution in [-0.4, -0.2) is 59.8 Å². The van der Waals surface area contributed by atoms with E-state index in [-0.39, 0.29) is 12.5 Å². The average Bonchev–Trinajstić information content (AvgIpc) is 2.77. The number of amides is 1. The summed E-state index contributed by atoms with van der Waals surface area (Å²) in [5.74, 6) is 0.0521. The van der Waals surface area contributed by atoms with Crippen molar-refractivity contribution in [3.63, 3.8) is 0 Å². The SMILES string of the molecule is CCOCC(=O)N1CCc2c(CN(C)C)n[nH]c2C1. The van der Waals surface area contributed by atoms with E-state index in [0.717, 1.165) is 30.9 Å². The van der Waals surface area contributed by atoms with Crippen molar-refractivity contribution in [3.8, 4) is 0 Å². The molecular formula is C13H22N4O2. The van der Waals surface area contributed by atoms with Gasteiger partial charge in [-0.1, -0.05) is 0 Å². The first-order valence-corrected chi connectivity index (χ1v) is 6.67. The normalized spacial score (nSPS) is 14.8. The van der Waals surface area contributed by atoms with Gasteiger partial charge in [0.2, 0.25) is 5.91 Å². The summed E-state index contributed by atoms with van der Waals surface area (Å²) in [6, 6.07) is 0. The first kappa shape index (κ1) is 14.0. The van der Waals surface area contributed by atoms with Gasteiger partial charge in [0.25, 0.3) is 0 Å². The maximum absolute atomic E-state index is 11.9. The van der Waals surface area contributed by atoms with Crippen LogP contribution in [0.2, 0.25) is 0 Å². The molecule has 1 amide bonds. The maximum atomic E-state index is 11.9. The summed E-state index contributed by atoms with van der Waals surface area (Å²) in [6.07, 6.45) is 0.868. The van der Waals surface area contributed by atoms with Gasteiger partial charge >= 0.3 is 0 Å². The molecule has 0 bridgehead atoms. The Balaban J connectivity index is 2.01. The predicted octanol–water partition coefficient (Wildman–Crippen LogP) is 0.393. The molecule has 0 spiro atoms. The van der Waals surface area contributed by atoms with Crippen molar-refractivity contribution < 1.29 is 9.53 Å². The van der Waals surface area contributed by atoms with Crippen LogP contribution < -0.4 is 0 Å². The lowest BCUT2D eigenvalue weighted by molar-refractivity contribution is -0.136. The van der Waals surface area contributed by atoms with Crippen molar-refractivity contribution in [2.45, 2.75) is 26.4 Å². The fraction of sp³-hybridized carbons (Fsp3) is 0.692. The quantitative estimate of drug-likeness (QED) is 0.837. The van der Waals surface area contributed by atoms with Gasteiger partial charge in [0.15, 0.2) is 0 Å². The van der Waals surface area contributed by atoms with E-state index >= 15 is 0 Å². The molecule has 0 aliphatic carbocycles. The third-order valence-corrected chi connectivity index (χ3v) is 3.27. The lowest BCUT2D eigenvalue weighted by Gasteiger charge is -2.27. The third-order valence-electron chi connectivity index (χ3n) is 3.27. The molecule has 0 saturated heterocycles. The highest BCUT2D eigenvalue weighted by Gasteiger charge is 2.24. The van der Waals surface area contributed by atoms with Crippen molar-refractivity contribution in [2.24, 2.45) is 0 Å². The number of nitrogens with zero attached hydrogens (tertiary/aromatic N) is 3. The van der Waals surface area contributed by atoms with E-state index in [4.69, 9.17) is 4.74 Å². The number of rotatable bonds is 5. The molecule has 19 heavy (non-hydrogen) atoms. The summed E-state index contributed by atoms with van der Waals surface area (Å²) in [4.78, 5) is 15.8. The Labute approximate surface area is 113 Å². The molecule has 0 atom stereocenters. The minimum atomic E-state index is 0.0521. The van der Waals surface area contributed by atoms with Gasteiger partial charge in [-0.2, -0.15) is 5.10 Å². The number of carbonyl (C=O) groups is 1. The van der Waals surface area contributed by atoms with E-state index in [9.17, 15) is 4.79 Å². The molecule has 106 valence electrons. The Morgan fingerprint density at radius 1 is 1.53 bits per heavy atom. The van der Waals surface area contributed by atoms with Gasteiger partial charge in [0.1, 0.15) is 6.61 Å². The van der Waals surface area contributed by atoms with Gasteiger partial charge in [0, 0.05) is 25.3 Å². The summed E-state index contributed by atoms with van der Waals surface area (Å²) >= 11 is 0. The largest absolute Gasteiger partial charge is 0.372 e. The molecule has 1 aliphatic rings. The first-order chi connectivity index (χ1) is 9.11. The van der Waals surface area contributed by atoms with Crippen LogP contribution in [0.5, 0.6) is 0 Å². The van der Waals surface area contributed by atoms with Gasteiger partial charge in [-0.15, -0.1) is 0 Å². The summed E-state index contributed by atoms with van der Waals surface area (Å²) < 4.78 is 5.17. The number of hydrogen-bond donors (Lipinski definition) is 1. The Kier molecular flexibility index (Phi) is 4.55. The molecule has 0 unspecified atom stereocenters. The number of H-pyrrole nitrogens is 1. The molecule has 1 N–H and O–H groups in total. The van der Waals surface area contributed by atoms with Gasteiger partial charge in [-0.3, -0.25) is 9.89 Å². The lowest BCUT2D eigenvalue weighted by atomic mass is 10.0. The summed E-state index contributed by atoms with van der Waals surface area (Å²) in [5, 5.41) is 7.42. The molecule has 1 aromatic heterocycles. The zero-order valence-electron chi connectivity index (χ0n) is 11.9. The fourth-order valence-corrected chi connectivity index (χ4v) is 2.31. The second kappa shape index (κ2) is 6.16. The number of aromatic nitrogens is 2. The zero-order valence-corrected chi connectivity index (χ0v) is 11.9. The molecule has 2 rings (SSSR count). The average molecular weight is 266 g/mol. The van der Waals surface area contributed by atoms with Crippen LogP contribution in [0.4, 0.5) is 0 Å². The van der Waals surface area contributed by atoms with E-state index in [2.05, 4.69) is 15.1 Å². The number of fused-ring (bicyclic) bond motifs is 1. The fourth-order valence-electron chi connectivity index (χ4n) is 2.31. The Morgan fingerprint density at radius 3 is 3.00 bits per heavy atom. The molecular weight excluding hydrogens is 244 g/mol. The van der Waals surface area contributed by atoms with E-state index in [1.807, 2.05) is 25.9 Å². The van der Waals surface area contributed by atoms with Gasteiger partial charge in [0.05, 0.1) is 17.9 Å². The number of carbonyl (C=O) groups excluding carboxylic acids is 1. The Morgan fingerprint density at radius 2 is 2.32 bits per heavy atom. The van der Waals surface area contributed by atoms with Crippen LogP contribution in [-0.2, 0) is 29.0 Å². The van der Waals surface area contributed by atoms with E-state index in [1.54, 1.807) is 0 Å². The smallest absolute Gasteiger partial charge is 0.248 e. The lowest BCUT2D eigenvalue weighted by Crippen LogP contribution is -2.38. The van der Waals surface area contributed by atoms with Crippen molar-refractivity contribution in [1.82, 2.24) is 20.0 Å². The number of hydrogen-bond acceptors (Lipinski definition) is 4. The zero-order chi connectivity index (χ0) is 13.8. The minimum Gasteiger partial charge on any atom is -0.372 e. The monoisotopic (exact) mass is 266 g/mol. The van der Waals surface area contributed by atoms with Crippen LogP contribution in [0.1, 0.15) is 23.9 Å². The molecule has 2 heterocycles. The van der Waals surface area contributed by atoms with Crippen molar-refractivity contribution >= 4 is 5.91 Å². The Bertz CT molecular complexity index is 442. The minimum absolute atomic E-state index is 0.0521. The second-order valence-corrected chi connectivity index (χ2v) is 5.07. The Hall–Kier alpha value is -1.40. The number of ether oxygens (including phenoxy) is 1. The highest BCUT2D eigenvalue weighted by atomic mass is 16.5. The summed E-state index contributed by atoms with van der Waals surface area (Å²) in [7, 11) is 4.06. The highest BCUT2D eigenvalue weighted by molar-refractivity contribution is 5.77. The van der Waals surface area contributed by atoms with Crippen molar-refractivity contribution in [2.75, 3.05) is 33.9 Å². The van der Waals surface area contributed by atoms with Crippen LogP contribution >= 0.6 is 0 Å². The number of aromatic amines is 1. The van der Waals surface area contributed by atoms with E-state index in [0.29, 0.717) is 13.2 Å². The topological polar surface area (TPSA) is 61.5 Å². The molecule has 0 radical (unpaired) electrons. The second-order valence-electron chi connectivity index (χ2n) is 5.07. The van der Waals surface area contributed by atoms with Crippen molar-refractivity contribution in [1.29, 1.82) is 0 Å². The number of nitrogens with one attached hydrogen (secondary N) is 1. The van der Waals surface area contributed by atoms with E-state index in [1.165, 1.54) is 5.56 Å². The van der Waals surface area contributed by atoms with Crippen LogP contribution in [0.3, 0.4) is 0 Å².